The highest BCUT2D eigenvalue weighted by Gasteiger charge is 2.39. The quantitative estimate of drug-likeness (QED) is 0.647. The van der Waals surface area contributed by atoms with E-state index in [0.717, 1.165) is 5.69 Å². The van der Waals surface area contributed by atoms with Crippen molar-refractivity contribution in [3.63, 3.8) is 0 Å². The molecule has 0 radical (unpaired) electrons. The number of hydrogen-bond acceptors (Lipinski definition) is 1. The molecular weight excluding hydrogens is 218 g/mol. The molecule has 0 spiro atoms. The predicted molar refractivity (Wildman–Crippen MR) is 75.5 cm³/mol. The van der Waals surface area contributed by atoms with Gasteiger partial charge in [-0.1, -0.05) is 54.6 Å². The summed E-state index contributed by atoms with van der Waals surface area (Å²) in [5.41, 5.74) is 6.06. The number of fused-ring (bicyclic) bond motifs is 5. The molecule has 1 heterocycles. The van der Waals surface area contributed by atoms with Gasteiger partial charge in [0, 0.05) is 5.56 Å². The van der Waals surface area contributed by atoms with E-state index in [2.05, 4.69) is 67.6 Å². The first-order chi connectivity index (χ1) is 8.79. The van der Waals surface area contributed by atoms with Crippen molar-refractivity contribution in [2.45, 2.75) is 12.3 Å². The Balaban J connectivity index is 2.05. The van der Waals surface area contributed by atoms with E-state index < -0.39 is 0 Å². The molecule has 0 saturated carbocycles. The van der Waals surface area contributed by atoms with Crippen molar-refractivity contribution in [3.05, 3.63) is 71.3 Å². The first-order valence-electron chi connectivity index (χ1n) is 6.26. The van der Waals surface area contributed by atoms with Gasteiger partial charge in [0.1, 0.15) is 0 Å². The number of nitrogens with zero attached hydrogens (tertiary/aromatic N) is 1. The summed E-state index contributed by atoms with van der Waals surface area (Å²) in [5.74, 6) is 0. The number of benzene rings is 2. The van der Waals surface area contributed by atoms with Gasteiger partial charge in [-0.2, -0.15) is 0 Å². The van der Waals surface area contributed by atoms with Crippen LogP contribution in [0.1, 0.15) is 23.6 Å². The fourth-order valence-corrected chi connectivity index (χ4v) is 3.00. The molecule has 0 fully saturated rings. The lowest BCUT2D eigenvalue weighted by atomic mass is 9.73. The van der Waals surface area contributed by atoms with Gasteiger partial charge in [0.15, 0.2) is 0 Å². The Labute approximate surface area is 107 Å². The lowest BCUT2D eigenvalue weighted by Gasteiger charge is -2.28. The van der Waals surface area contributed by atoms with Crippen molar-refractivity contribution in [1.82, 2.24) is 0 Å². The van der Waals surface area contributed by atoms with Crippen LogP contribution in [0.3, 0.4) is 0 Å². The third-order valence-electron chi connectivity index (χ3n) is 4.00. The van der Waals surface area contributed by atoms with Crippen molar-refractivity contribution in [1.29, 1.82) is 0 Å². The summed E-state index contributed by atoms with van der Waals surface area (Å²) in [4.78, 5) is 4.85. The highest BCUT2D eigenvalue weighted by molar-refractivity contribution is 6.17. The molecule has 1 heteroatoms. The first-order valence-corrected chi connectivity index (χ1v) is 6.26. The zero-order valence-corrected chi connectivity index (χ0v) is 10.2. The van der Waals surface area contributed by atoms with Crippen LogP contribution in [0.5, 0.6) is 0 Å². The van der Waals surface area contributed by atoms with Gasteiger partial charge in [0.25, 0.3) is 0 Å². The van der Waals surface area contributed by atoms with Gasteiger partial charge < -0.3 is 0 Å². The second-order valence-electron chi connectivity index (χ2n) is 5.10. The summed E-state index contributed by atoms with van der Waals surface area (Å²) in [6.45, 7) is 2.25. The highest BCUT2D eigenvalue weighted by Crippen LogP contribution is 2.45. The van der Waals surface area contributed by atoms with E-state index in [9.17, 15) is 0 Å². The summed E-state index contributed by atoms with van der Waals surface area (Å²) in [7, 11) is 0. The molecule has 4 rings (SSSR count). The Bertz CT molecular complexity index is 709. The third kappa shape index (κ3) is 1.09. The van der Waals surface area contributed by atoms with E-state index in [1.165, 1.54) is 22.4 Å². The Hall–Kier alpha value is -2.15. The van der Waals surface area contributed by atoms with Gasteiger partial charge in [0.2, 0.25) is 0 Å². The van der Waals surface area contributed by atoms with Gasteiger partial charge in [-0.3, -0.25) is 4.99 Å². The van der Waals surface area contributed by atoms with Crippen LogP contribution >= 0.6 is 0 Å². The molecule has 2 aromatic rings. The van der Waals surface area contributed by atoms with E-state index in [0.29, 0.717) is 0 Å². The van der Waals surface area contributed by atoms with E-state index >= 15 is 0 Å². The minimum atomic E-state index is -0.0645. The van der Waals surface area contributed by atoms with Crippen LogP contribution in [-0.4, -0.2) is 5.71 Å². The smallest absolute Gasteiger partial charge is 0.0678 e. The maximum Gasteiger partial charge on any atom is 0.0678 e. The lowest BCUT2D eigenvalue weighted by Crippen LogP contribution is -2.30. The van der Waals surface area contributed by atoms with Crippen LogP contribution in [0.25, 0.3) is 6.08 Å². The molecule has 18 heavy (non-hydrogen) atoms. The number of para-hydroxylation sites is 1. The summed E-state index contributed by atoms with van der Waals surface area (Å²) >= 11 is 0. The van der Waals surface area contributed by atoms with E-state index in [1.54, 1.807) is 0 Å². The molecule has 1 unspecified atom stereocenters. The van der Waals surface area contributed by atoms with Crippen LogP contribution in [-0.2, 0) is 5.41 Å². The summed E-state index contributed by atoms with van der Waals surface area (Å²) < 4.78 is 0. The number of rotatable bonds is 0. The van der Waals surface area contributed by atoms with Gasteiger partial charge in [-0.05, 0) is 24.1 Å². The van der Waals surface area contributed by atoms with Crippen LogP contribution in [0.4, 0.5) is 5.69 Å². The van der Waals surface area contributed by atoms with Gasteiger partial charge in [0.05, 0.1) is 16.8 Å². The summed E-state index contributed by atoms with van der Waals surface area (Å²) in [5, 5.41) is 0. The molecule has 0 aromatic heterocycles. The maximum atomic E-state index is 4.85. The van der Waals surface area contributed by atoms with Crippen LogP contribution in [0.2, 0.25) is 0 Å². The Morgan fingerprint density at radius 3 is 2.67 bits per heavy atom. The van der Waals surface area contributed by atoms with Crippen molar-refractivity contribution < 1.29 is 0 Å². The molecular formula is C17H13N. The lowest BCUT2D eigenvalue weighted by molar-refractivity contribution is 0.832. The third-order valence-corrected chi connectivity index (χ3v) is 4.00. The van der Waals surface area contributed by atoms with Crippen molar-refractivity contribution in [2.75, 3.05) is 0 Å². The minimum Gasteiger partial charge on any atom is -0.251 e. The van der Waals surface area contributed by atoms with Gasteiger partial charge >= 0.3 is 0 Å². The van der Waals surface area contributed by atoms with Crippen molar-refractivity contribution >= 4 is 17.5 Å². The average Bonchev–Trinajstić information content (AvgIpc) is 2.73. The Morgan fingerprint density at radius 1 is 0.944 bits per heavy atom. The standard InChI is InChI=1S/C17H13N/c1-17-11-10-12-6-2-3-7-13(12)16(17)18-15-9-5-4-8-14(15)17/h2-11H,1H3. The van der Waals surface area contributed by atoms with Crippen LogP contribution in [0.15, 0.2) is 59.6 Å². The van der Waals surface area contributed by atoms with Gasteiger partial charge in [-0.15, -0.1) is 0 Å². The Morgan fingerprint density at radius 2 is 1.72 bits per heavy atom. The molecule has 0 amide bonds. The molecule has 1 atom stereocenters. The number of aliphatic imine (C=N–C) groups is 1. The second kappa shape index (κ2) is 3.20. The second-order valence-corrected chi connectivity index (χ2v) is 5.10. The minimum absolute atomic E-state index is 0.0645. The monoisotopic (exact) mass is 231 g/mol. The van der Waals surface area contributed by atoms with E-state index in [1.807, 2.05) is 0 Å². The zero-order chi connectivity index (χ0) is 12.2. The van der Waals surface area contributed by atoms with E-state index in [-0.39, 0.29) is 5.41 Å². The van der Waals surface area contributed by atoms with Crippen molar-refractivity contribution in [2.24, 2.45) is 4.99 Å². The fraction of sp³-hybridized carbons (Fsp3) is 0.118. The van der Waals surface area contributed by atoms with Gasteiger partial charge in [-0.25, -0.2) is 0 Å². The molecule has 86 valence electrons. The highest BCUT2D eigenvalue weighted by atomic mass is 14.8. The molecule has 1 aliphatic heterocycles. The predicted octanol–water partition coefficient (Wildman–Crippen LogP) is 4.11. The Kier molecular flexibility index (Phi) is 1.75. The molecule has 0 N–H and O–H groups in total. The molecule has 2 aliphatic rings. The fourth-order valence-electron chi connectivity index (χ4n) is 3.00. The molecule has 1 nitrogen and oxygen atoms in total. The molecule has 0 saturated heterocycles. The maximum absolute atomic E-state index is 4.85. The molecule has 0 bridgehead atoms. The number of allylic oxidation sites excluding steroid dienone is 1. The summed E-state index contributed by atoms with van der Waals surface area (Å²) in [6, 6.07) is 16.9. The first kappa shape index (κ1) is 9.84. The summed E-state index contributed by atoms with van der Waals surface area (Å²) in [6.07, 6.45) is 4.50. The average molecular weight is 231 g/mol. The van der Waals surface area contributed by atoms with Crippen LogP contribution < -0.4 is 0 Å². The molecule has 2 aromatic carbocycles. The number of hydrogen-bond donors (Lipinski definition) is 0. The zero-order valence-electron chi connectivity index (χ0n) is 10.2. The molecule has 1 aliphatic carbocycles. The van der Waals surface area contributed by atoms with E-state index in [4.69, 9.17) is 4.99 Å². The van der Waals surface area contributed by atoms with Crippen LogP contribution in [0, 0.1) is 0 Å². The normalized spacial score (nSPS) is 23.1. The largest absolute Gasteiger partial charge is 0.251 e. The SMILES string of the molecule is CC12C=Cc3ccccc3C1=Nc1ccccc12. The topological polar surface area (TPSA) is 12.4 Å². The van der Waals surface area contributed by atoms with Crippen molar-refractivity contribution in [3.8, 4) is 0 Å².